The van der Waals surface area contributed by atoms with Crippen LogP contribution in [0.15, 0.2) is 0 Å². The fraction of sp³-hybridized carbons (Fsp3) is 0.769. The van der Waals surface area contributed by atoms with Crippen LogP contribution in [-0.4, -0.2) is 53.1 Å². The molecule has 1 atom stereocenters. The van der Waals surface area contributed by atoms with E-state index in [2.05, 4.69) is 10.6 Å². The zero-order valence-corrected chi connectivity index (χ0v) is 12.0. The molecule has 1 saturated carbocycles. The molecule has 7 nitrogen and oxygen atoms in total. The SMILES string of the molecule is CCN(C(=O)NCCC(=O)NC1CC1)C(C)CC(=O)O. The Kier molecular flexibility index (Phi) is 6.27. The highest BCUT2D eigenvalue weighted by molar-refractivity contribution is 5.79. The van der Waals surface area contributed by atoms with Crippen LogP contribution < -0.4 is 10.6 Å². The molecule has 0 radical (unpaired) electrons. The molecule has 0 aromatic rings. The van der Waals surface area contributed by atoms with Crippen LogP contribution in [-0.2, 0) is 9.59 Å². The lowest BCUT2D eigenvalue weighted by molar-refractivity contribution is -0.138. The van der Waals surface area contributed by atoms with Gasteiger partial charge in [0.2, 0.25) is 5.91 Å². The van der Waals surface area contributed by atoms with Gasteiger partial charge in [0, 0.05) is 31.6 Å². The average molecular weight is 285 g/mol. The Morgan fingerprint density at radius 2 is 2.00 bits per heavy atom. The molecule has 1 rings (SSSR count). The van der Waals surface area contributed by atoms with Crippen LogP contribution in [0.1, 0.15) is 39.5 Å². The standard InChI is InChI=1S/C13H23N3O4/c1-3-16(9(2)8-12(18)19)13(20)14-7-6-11(17)15-10-4-5-10/h9-10H,3-8H2,1-2H3,(H,14,20)(H,15,17)(H,18,19). The van der Waals surface area contributed by atoms with Crippen molar-refractivity contribution in [2.45, 2.75) is 51.6 Å². The minimum Gasteiger partial charge on any atom is -0.481 e. The molecule has 0 aliphatic heterocycles. The lowest BCUT2D eigenvalue weighted by atomic mass is 10.2. The number of nitrogens with zero attached hydrogens (tertiary/aromatic N) is 1. The monoisotopic (exact) mass is 285 g/mol. The maximum atomic E-state index is 11.9. The molecule has 0 saturated heterocycles. The summed E-state index contributed by atoms with van der Waals surface area (Å²) in [5.41, 5.74) is 0. The summed E-state index contributed by atoms with van der Waals surface area (Å²) in [6.07, 6.45) is 2.22. The van der Waals surface area contributed by atoms with Crippen molar-refractivity contribution in [1.29, 1.82) is 0 Å². The maximum Gasteiger partial charge on any atom is 0.317 e. The Bertz CT molecular complexity index is 369. The zero-order valence-electron chi connectivity index (χ0n) is 12.0. The Labute approximate surface area is 118 Å². The molecule has 0 aromatic heterocycles. The van der Waals surface area contributed by atoms with Crippen LogP contribution in [0.25, 0.3) is 0 Å². The van der Waals surface area contributed by atoms with E-state index < -0.39 is 5.97 Å². The lowest BCUT2D eigenvalue weighted by Gasteiger charge is -2.27. The van der Waals surface area contributed by atoms with Gasteiger partial charge in [-0.1, -0.05) is 0 Å². The summed E-state index contributed by atoms with van der Waals surface area (Å²) >= 11 is 0. The predicted molar refractivity (Wildman–Crippen MR) is 73.3 cm³/mol. The van der Waals surface area contributed by atoms with Gasteiger partial charge in [-0.25, -0.2) is 4.79 Å². The molecule has 114 valence electrons. The second-order valence-electron chi connectivity index (χ2n) is 5.06. The molecule has 7 heteroatoms. The fourth-order valence-corrected chi connectivity index (χ4v) is 1.93. The Morgan fingerprint density at radius 3 is 2.50 bits per heavy atom. The molecular weight excluding hydrogens is 262 g/mol. The van der Waals surface area contributed by atoms with Crippen LogP contribution in [0.2, 0.25) is 0 Å². The molecule has 20 heavy (non-hydrogen) atoms. The maximum absolute atomic E-state index is 11.9. The molecule has 3 amide bonds. The highest BCUT2D eigenvalue weighted by Crippen LogP contribution is 2.18. The second kappa shape index (κ2) is 7.72. The van der Waals surface area contributed by atoms with Crippen molar-refractivity contribution in [1.82, 2.24) is 15.5 Å². The number of carbonyl (C=O) groups is 3. The van der Waals surface area contributed by atoms with Gasteiger partial charge >= 0.3 is 12.0 Å². The van der Waals surface area contributed by atoms with E-state index in [1.807, 2.05) is 0 Å². The number of rotatable bonds is 8. The number of amides is 3. The molecule has 1 aliphatic carbocycles. The second-order valence-corrected chi connectivity index (χ2v) is 5.06. The van der Waals surface area contributed by atoms with Crippen LogP contribution in [0.3, 0.4) is 0 Å². The summed E-state index contributed by atoms with van der Waals surface area (Å²) in [6, 6.07) is -0.390. The highest BCUT2D eigenvalue weighted by Gasteiger charge is 2.23. The summed E-state index contributed by atoms with van der Waals surface area (Å²) in [5.74, 6) is -0.998. The number of aliphatic carboxylic acids is 1. The van der Waals surface area contributed by atoms with Crippen molar-refractivity contribution in [2.75, 3.05) is 13.1 Å². The topological polar surface area (TPSA) is 98.7 Å². The third-order valence-electron chi connectivity index (χ3n) is 3.17. The number of hydrogen-bond donors (Lipinski definition) is 3. The van der Waals surface area contributed by atoms with Crippen molar-refractivity contribution >= 4 is 17.9 Å². The molecule has 0 aromatic carbocycles. The molecule has 0 heterocycles. The van der Waals surface area contributed by atoms with Crippen LogP contribution >= 0.6 is 0 Å². The molecule has 1 unspecified atom stereocenters. The number of carboxylic acids is 1. The zero-order chi connectivity index (χ0) is 15.1. The molecule has 0 bridgehead atoms. The van der Waals surface area contributed by atoms with Gasteiger partial charge in [0.15, 0.2) is 0 Å². The summed E-state index contributed by atoms with van der Waals surface area (Å²) < 4.78 is 0. The first-order valence-electron chi connectivity index (χ1n) is 6.99. The summed E-state index contributed by atoms with van der Waals surface area (Å²) in [7, 11) is 0. The van der Waals surface area contributed by atoms with Crippen molar-refractivity contribution in [3.05, 3.63) is 0 Å². The van der Waals surface area contributed by atoms with Crippen molar-refractivity contribution < 1.29 is 19.5 Å². The number of carbonyl (C=O) groups excluding carboxylic acids is 2. The van der Waals surface area contributed by atoms with Gasteiger partial charge in [0.05, 0.1) is 6.42 Å². The third-order valence-corrected chi connectivity index (χ3v) is 3.17. The van der Waals surface area contributed by atoms with Crippen molar-refractivity contribution in [2.24, 2.45) is 0 Å². The van der Waals surface area contributed by atoms with Gasteiger partial charge in [0.25, 0.3) is 0 Å². The predicted octanol–water partition coefficient (Wildman–Crippen LogP) is 0.550. The average Bonchev–Trinajstić information content (AvgIpc) is 3.12. The van der Waals surface area contributed by atoms with Gasteiger partial charge in [-0.05, 0) is 26.7 Å². The number of hydrogen-bond acceptors (Lipinski definition) is 3. The van der Waals surface area contributed by atoms with E-state index in [4.69, 9.17) is 5.11 Å². The van der Waals surface area contributed by atoms with Crippen molar-refractivity contribution in [3.63, 3.8) is 0 Å². The fourth-order valence-electron chi connectivity index (χ4n) is 1.93. The van der Waals surface area contributed by atoms with E-state index in [1.165, 1.54) is 4.90 Å². The van der Waals surface area contributed by atoms with Gasteiger partial charge in [-0.3, -0.25) is 9.59 Å². The van der Waals surface area contributed by atoms with E-state index in [9.17, 15) is 14.4 Å². The molecular formula is C13H23N3O4. The largest absolute Gasteiger partial charge is 0.481 e. The number of nitrogens with one attached hydrogen (secondary N) is 2. The van der Waals surface area contributed by atoms with E-state index in [0.717, 1.165) is 12.8 Å². The molecule has 1 aliphatic rings. The van der Waals surface area contributed by atoms with Crippen molar-refractivity contribution in [3.8, 4) is 0 Å². The van der Waals surface area contributed by atoms with Crippen LogP contribution in [0, 0.1) is 0 Å². The number of urea groups is 1. The molecule has 0 spiro atoms. The Balaban J connectivity index is 2.27. The lowest BCUT2D eigenvalue weighted by Crippen LogP contribution is -2.46. The van der Waals surface area contributed by atoms with E-state index >= 15 is 0 Å². The molecule has 3 N–H and O–H groups in total. The summed E-state index contributed by atoms with van der Waals surface area (Å²) in [4.78, 5) is 35.4. The summed E-state index contributed by atoms with van der Waals surface area (Å²) in [5, 5.41) is 14.2. The minimum atomic E-state index is -0.937. The number of carboxylic acid groups (broad SMARTS) is 1. The van der Waals surface area contributed by atoms with E-state index in [0.29, 0.717) is 12.6 Å². The van der Waals surface area contributed by atoms with Gasteiger partial charge in [-0.15, -0.1) is 0 Å². The quantitative estimate of drug-likeness (QED) is 0.606. The third kappa shape index (κ3) is 5.90. The normalized spacial score (nSPS) is 15.3. The Hall–Kier alpha value is -1.79. The van der Waals surface area contributed by atoms with Gasteiger partial charge in [-0.2, -0.15) is 0 Å². The minimum absolute atomic E-state index is 0.0607. The van der Waals surface area contributed by atoms with Crippen LogP contribution in [0.4, 0.5) is 4.79 Å². The van der Waals surface area contributed by atoms with Crippen LogP contribution in [0.5, 0.6) is 0 Å². The summed E-state index contributed by atoms with van der Waals surface area (Å²) in [6.45, 7) is 4.16. The first-order chi connectivity index (χ1) is 9.43. The smallest absolute Gasteiger partial charge is 0.317 e. The van der Waals surface area contributed by atoms with Gasteiger partial charge in [0.1, 0.15) is 0 Å². The highest BCUT2D eigenvalue weighted by atomic mass is 16.4. The van der Waals surface area contributed by atoms with E-state index in [-0.39, 0.29) is 37.4 Å². The van der Waals surface area contributed by atoms with Gasteiger partial charge < -0.3 is 20.6 Å². The molecule has 1 fully saturated rings. The first-order valence-corrected chi connectivity index (χ1v) is 6.99. The Morgan fingerprint density at radius 1 is 1.35 bits per heavy atom. The first kappa shape index (κ1) is 16.3. The van der Waals surface area contributed by atoms with E-state index in [1.54, 1.807) is 13.8 Å².